The number of carbonyl (C=O) groups excluding carboxylic acids is 1. The van der Waals surface area contributed by atoms with Gasteiger partial charge in [0.25, 0.3) is 0 Å². The Balaban J connectivity index is 1.85. The zero-order valence-electron chi connectivity index (χ0n) is 11.3. The van der Waals surface area contributed by atoms with Crippen LogP contribution >= 0.6 is 0 Å². The van der Waals surface area contributed by atoms with Crippen molar-refractivity contribution in [1.82, 2.24) is 5.32 Å². The van der Waals surface area contributed by atoms with E-state index in [1.807, 2.05) is 42.5 Å². The predicted molar refractivity (Wildman–Crippen MR) is 76.1 cm³/mol. The first-order chi connectivity index (χ1) is 9.68. The number of amides is 1. The van der Waals surface area contributed by atoms with Crippen molar-refractivity contribution < 1.29 is 14.7 Å². The molecular formula is C16H19NO3. The minimum atomic E-state index is -0.891. The molecule has 0 saturated heterocycles. The van der Waals surface area contributed by atoms with Gasteiger partial charge in [0.1, 0.15) is 0 Å². The third kappa shape index (κ3) is 3.70. The molecule has 106 valence electrons. The average molecular weight is 273 g/mol. The molecular weight excluding hydrogens is 254 g/mol. The van der Waals surface area contributed by atoms with Gasteiger partial charge in [-0.3, -0.25) is 9.59 Å². The quantitative estimate of drug-likeness (QED) is 0.806. The summed E-state index contributed by atoms with van der Waals surface area (Å²) in [5, 5.41) is 12.0. The molecule has 1 amide bonds. The van der Waals surface area contributed by atoms with Crippen LogP contribution in [-0.2, 0) is 16.0 Å². The second-order valence-electron chi connectivity index (χ2n) is 5.02. The largest absolute Gasteiger partial charge is 0.481 e. The molecule has 0 spiro atoms. The van der Waals surface area contributed by atoms with E-state index in [2.05, 4.69) is 5.32 Å². The molecule has 0 radical (unpaired) electrons. The van der Waals surface area contributed by atoms with Gasteiger partial charge in [0.05, 0.1) is 11.8 Å². The molecule has 0 aromatic heterocycles. The molecule has 0 fully saturated rings. The molecule has 2 rings (SSSR count). The standard InChI is InChI=1S/C16H19NO3/c18-15(13-8-4-5-9-14(13)16(19)20)17-11-10-12-6-2-1-3-7-12/h1-7,13-14H,8-11H2,(H,17,18)(H,19,20)/t13-,14-/m1/s1. The lowest BCUT2D eigenvalue weighted by Crippen LogP contribution is -2.39. The van der Waals surface area contributed by atoms with Crippen LogP contribution in [0.1, 0.15) is 18.4 Å². The summed E-state index contributed by atoms with van der Waals surface area (Å²) >= 11 is 0. The van der Waals surface area contributed by atoms with Gasteiger partial charge in [-0.2, -0.15) is 0 Å². The third-order valence-electron chi connectivity index (χ3n) is 3.64. The highest BCUT2D eigenvalue weighted by atomic mass is 16.4. The second kappa shape index (κ2) is 6.89. The Bertz CT molecular complexity index is 496. The summed E-state index contributed by atoms with van der Waals surface area (Å²) in [7, 11) is 0. The van der Waals surface area contributed by atoms with Crippen molar-refractivity contribution in [2.75, 3.05) is 6.54 Å². The van der Waals surface area contributed by atoms with Crippen LogP contribution in [0.4, 0.5) is 0 Å². The molecule has 4 heteroatoms. The highest BCUT2D eigenvalue weighted by Gasteiger charge is 2.33. The lowest BCUT2D eigenvalue weighted by atomic mass is 9.82. The summed E-state index contributed by atoms with van der Waals surface area (Å²) in [6.45, 7) is 0.537. The maximum absolute atomic E-state index is 12.1. The Kier molecular flexibility index (Phi) is 4.93. The Labute approximate surface area is 118 Å². The van der Waals surface area contributed by atoms with Gasteiger partial charge in [0.2, 0.25) is 5.91 Å². The van der Waals surface area contributed by atoms with Crippen LogP contribution < -0.4 is 5.32 Å². The number of rotatable bonds is 5. The van der Waals surface area contributed by atoms with Crippen LogP contribution in [0.3, 0.4) is 0 Å². The van der Waals surface area contributed by atoms with Gasteiger partial charge in [-0.15, -0.1) is 0 Å². The smallest absolute Gasteiger partial charge is 0.307 e. The van der Waals surface area contributed by atoms with E-state index < -0.39 is 17.8 Å². The van der Waals surface area contributed by atoms with Crippen molar-refractivity contribution in [2.45, 2.75) is 19.3 Å². The second-order valence-corrected chi connectivity index (χ2v) is 5.02. The molecule has 4 nitrogen and oxygen atoms in total. The van der Waals surface area contributed by atoms with Gasteiger partial charge in [-0.05, 0) is 24.8 Å². The van der Waals surface area contributed by atoms with Crippen molar-refractivity contribution in [1.29, 1.82) is 0 Å². The normalized spacial score (nSPS) is 21.4. The first-order valence-corrected chi connectivity index (χ1v) is 6.88. The van der Waals surface area contributed by atoms with E-state index in [1.54, 1.807) is 0 Å². The van der Waals surface area contributed by atoms with Crippen LogP contribution in [0.5, 0.6) is 0 Å². The molecule has 2 N–H and O–H groups in total. The van der Waals surface area contributed by atoms with E-state index in [9.17, 15) is 9.59 Å². The topological polar surface area (TPSA) is 66.4 Å². The van der Waals surface area contributed by atoms with E-state index in [0.29, 0.717) is 19.4 Å². The van der Waals surface area contributed by atoms with E-state index in [1.165, 1.54) is 0 Å². The Morgan fingerprint density at radius 3 is 2.40 bits per heavy atom. The summed E-state index contributed by atoms with van der Waals surface area (Å²) in [6, 6.07) is 9.89. The van der Waals surface area contributed by atoms with Gasteiger partial charge in [-0.1, -0.05) is 42.5 Å². The van der Waals surface area contributed by atoms with Gasteiger partial charge >= 0.3 is 5.97 Å². The van der Waals surface area contributed by atoms with Crippen LogP contribution in [0.15, 0.2) is 42.5 Å². The van der Waals surface area contributed by atoms with Crippen molar-refractivity contribution >= 4 is 11.9 Å². The number of benzene rings is 1. The molecule has 0 saturated carbocycles. The number of nitrogens with one attached hydrogen (secondary N) is 1. The van der Waals surface area contributed by atoms with Crippen LogP contribution in [0.2, 0.25) is 0 Å². The van der Waals surface area contributed by atoms with Gasteiger partial charge in [-0.25, -0.2) is 0 Å². The van der Waals surface area contributed by atoms with Gasteiger partial charge < -0.3 is 10.4 Å². The lowest BCUT2D eigenvalue weighted by Gasteiger charge is -2.24. The summed E-state index contributed by atoms with van der Waals surface area (Å²) in [5.41, 5.74) is 1.16. The van der Waals surface area contributed by atoms with Gasteiger partial charge in [0.15, 0.2) is 0 Å². The Morgan fingerprint density at radius 2 is 1.75 bits per heavy atom. The van der Waals surface area contributed by atoms with E-state index >= 15 is 0 Å². The summed E-state index contributed by atoms with van der Waals surface area (Å²) in [5.74, 6) is -2.10. The first kappa shape index (κ1) is 14.3. The average Bonchev–Trinajstić information content (AvgIpc) is 2.48. The predicted octanol–water partition coefficient (Wildman–Crippen LogP) is 2.01. The molecule has 20 heavy (non-hydrogen) atoms. The molecule has 1 aromatic rings. The minimum Gasteiger partial charge on any atom is -0.481 e. The number of carboxylic acid groups (broad SMARTS) is 1. The number of carbonyl (C=O) groups is 2. The molecule has 0 bridgehead atoms. The van der Waals surface area contributed by atoms with Crippen molar-refractivity contribution in [3.8, 4) is 0 Å². The number of allylic oxidation sites excluding steroid dienone is 2. The van der Waals surface area contributed by atoms with Crippen LogP contribution in [0, 0.1) is 11.8 Å². The summed E-state index contributed by atoms with van der Waals surface area (Å²) in [4.78, 5) is 23.2. The summed E-state index contributed by atoms with van der Waals surface area (Å²) < 4.78 is 0. The maximum atomic E-state index is 12.1. The highest BCUT2D eigenvalue weighted by molar-refractivity contribution is 5.85. The Hall–Kier alpha value is -2.10. The number of aliphatic carboxylic acids is 1. The van der Waals surface area contributed by atoms with Gasteiger partial charge in [0, 0.05) is 6.54 Å². The molecule has 1 aliphatic carbocycles. The fourth-order valence-corrected chi connectivity index (χ4v) is 2.48. The molecule has 2 atom stereocenters. The monoisotopic (exact) mass is 273 g/mol. The maximum Gasteiger partial charge on any atom is 0.307 e. The van der Waals surface area contributed by atoms with Crippen LogP contribution in [-0.4, -0.2) is 23.5 Å². The first-order valence-electron chi connectivity index (χ1n) is 6.88. The molecule has 1 aliphatic rings. The van der Waals surface area contributed by atoms with E-state index in [0.717, 1.165) is 12.0 Å². The SMILES string of the molecule is O=C(O)[C@@H]1CC=CC[C@H]1C(=O)NCCc1ccccc1. The molecule has 0 heterocycles. The van der Waals surface area contributed by atoms with Crippen LogP contribution in [0.25, 0.3) is 0 Å². The molecule has 0 aliphatic heterocycles. The lowest BCUT2D eigenvalue weighted by molar-refractivity contribution is -0.147. The van der Waals surface area contributed by atoms with E-state index in [-0.39, 0.29) is 5.91 Å². The Morgan fingerprint density at radius 1 is 1.10 bits per heavy atom. The van der Waals surface area contributed by atoms with E-state index in [4.69, 9.17) is 5.11 Å². The summed E-state index contributed by atoms with van der Waals surface area (Å²) in [6.07, 6.45) is 5.43. The highest BCUT2D eigenvalue weighted by Crippen LogP contribution is 2.25. The van der Waals surface area contributed by atoms with Crippen molar-refractivity contribution in [2.24, 2.45) is 11.8 Å². The fraction of sp³-hybridized carbons (Fsp3) is 0.375. The molecule has 0 unspecified atom stereocenters. The number of hydrogen-bond donors (Lipinski definition) is 2. The fourth-order valence-electron chi connectivity index (χ4n) is 2.48. The van der Waals surface area contributed by atoms with Crippen molar-refractivity contribution in [3.05, 3.63) is 48.0 Å². The zero-order valence-corrected chi connectivity index (χ0v) is 11.3. The van der Waals surface area contributed by atoms with Crippen molar-refractivity contribution in [3.63, 3.8) is 0 Å². The molecule has 1 aromatic carbocycles. The number of hydrogen-bond acceptors (Lipinski definition) is 2. The third-order valence-corrected chi connectivity index (χ3v) is 3.64. The zero-order chi connectivity index (χ0) is 14.4. The number of carboxylic acids is 1. The minimum absolute atomic E-state index is 0.155.